The van der Waals surface area contributed by atoms with Gasteiger partial charge in [-0.25, -0.2) is 9.18 Å². The molecule has 2 rings (SSSR count). The van der Waals surface area contributed by atoms with Crippen molar-refractivity contribution in [3.8, 4) is 5.75 Å². The minimum absolute atomic E-state index is 0.0385. The topological polar surface area (TPSA) is 70.0 Å². The molecule has 1 saturated heterocycles. The van der Waals surface area contributed by atoms with E-state index in [9.17, 15) is 14.3 Å². The summed E-state index contributed by atoms with van der Waals surface area (Å²) >= 11 is 0. The summed E-state index contributed by atoms with van der Waals surface area (Å²) in [6.45, 7) is 1.69. The fourth-order valence-corrected chi connectivity index (χ4v) is 2.34. The van der Waals surface area contributed by atoms with Crippen LogP contribution < -0.4 is 0 Å². The van der Waals surface area contributed by atoms with Crippen molar-refractivity contribution in [3.63, 3.8) is 0 Å². The van der Waals surface area contributed by atoms with E-state index in [0.29, 0.717) is 12.1 Å². The molecule has 2 N–H and O–H groups in total. The van der Waals surface area contributed by atoms with Gasteiger partial charge in [-0.2, -0.15) is 0 Å². The Morgan fingerprint density at radius 3 is 2.75 bits per heavy atom. The van der Waals surface area contributed by atoms with E-state index in [1.54, 1.807) is 0 Å². The Bertz CT molecular complexity index is 472. The highest BCUT2D eigenvalue weighted by atomic mass is 19.1. The van der Waals surface area contributed by atoms with E-state index in [-0.39, 0.29) is 24.3 Å². The standard InChI is InChI=1S/C14H18FNO4/c15-11-1-2-13(17)10(7-11)8-16-5-3-12(4-6-16)20-9-14(18)19/h1-2,7,12,17H,3-6,8-9H2,(H,18,19). The number of benzene rings is 1. The van der Waals surface area contributed by atoms with Crippen LogP contribution in [0.5, 0.6) is 5.75 Å². The summed E-state index contributed by atoms with van der Waals surface area (Å²) in [5.74, 6) is -1.23. The van der Waals surface area contributed by atoms with Crippen LogP contribution in [0.15, 0.2) is 18.2 Å². The van der Waals surface area contributed by atoms with Gasteiger partial charge in [0.15, 0.2) is 0 Å². The van der Waals surface area contributed by atoms with Crippen LogP contribution in [0.25, 0.3) is 0 Å². The first-order valence-electron chi connectivity index (χ1n) is 6.58. The molecule has 0 radical (unpaired) electrons. The first-order valence-corrected chi connectivity index (χ1v) is 6.58. The normalized spacial score (nSPS) is 17.2. The molecule has 1 heterocycles. The van der Waals surface area contributed by atoms with Crippen molar-refractivity contribution in [2.45, 2.75) is 25.5 Å². The van der Waals surface area contributed by atoms with Crippen molar-refractivity contribution in [2.75, 3.05) is 19.7 Å². The molecular weight excluding hydrogens is 265 g/mol. The minimum Gasteiger partial charge on any atom is -0.508 e. The molecule has 1 aromatic carbocycles. The monoisotopic (exact) mass is 283 g/mol. The second-order valence-corrected chi connectivity index (χ2v) is 4.95. The molecule has 0 bridgehead atoms. The molecule has 0 saturated carbocycles. The zero-order chi connectivity index (χ0) is 14.5. The Morgan fingerprint density at radius 1 is 1.40 bits per heavy atom. The van der Waals surface area contributed by atoms with E-state index in [1.807, 2.05) is 0 Å². The maximum Gasteiger partial charge on any atom is 0.329 e. The number of piperidine rings is 1. The Kier molecular flexibility index (Phi) is 4.92. The summed E-state index contributed by atoms with van der Waals surface area (Å²) in [5, 5.41) is 18.2. The molecule has 0 spiro atoms. The van der Waals surface area contributed by atoms with Gasteiger partial charge in [-0.15, -0.1) is 0 Å². The minimum atomic E-state index is -0.961. The van der Waals surface area contributed by atoms with Crippen LogP contribution in [0.2, 0.25) is 0 Å². The predicted molar refractivity (Wildman–Crippen MR) is 70.0 cm³/mol. The second-order valence-electron chi connectivity index (χ2n) is 4.95. The number of hydrogen-bond donors (Lipinski definition) is 2. The third-order valence-electron chi connectivity index (χ3n) is 3.41. The van der Waals surface area contributed by atoms with Crippen LogP contribution in [0.1, 0.15) is 18.4 Å². The Labute approximate surface area is 116 Å². The number of nitrogens with zero attached hydrogens (tertiary/aromatic N) is 1. The average molecular weight is 283 g/mol. The van der Waals surface area contributed by atoms with Gasteiger partial charge in [-0.3, -0.25) is 4.90 Å². The lowest BCUT2D eigenvalue weighted by atomic mass is 10.1. The van der Waals surface area contributed by atoms with Crippen molar-refractivity contribution < 1.29 is 24.1 Å². The number of hydrogen-bond acceptors (Lipinski definition) is 4. The number of phenolic OH excluding ortho intramolecular Hbond substituents is 1. The smallest absolute Gasteiger partial charge is 0.329 e. The Hall–Kier alpha value is -1.66. The molecule has 0 amide bonds. The summed E-state index contributed by atoms with van der Waals surface area (Å²) < 4.78 is 18.4. The zero-order valence-corrected chi connectivity index (χ0v) is 11.1. The highest BCUT2D eigenvalue weighted by Gasteiger charge is 2.21. The predicted octanol–water partition coefficient (Wildman–Crippen LogP) is 1.60. The lowest BCUT2D eigenvalue weighted by Crippen LogP contribution is -2.37. The number of likely N-dealkylation sites (tertiary alicyclic amines) is 1. The van der Waals surface area contributed by atoms with Crippen LogP contribution >= 0.6 is 0 Å². The van der Waals surface area contributed by atoms with E-state index in [2.05, 4.69) is 4.90 Å². The number of aliphatic carboxylic acids is 1. The molecule has 5 nitrogen and oxygen atoms in total. The largest absolute Gasteiger partial charge is 0.508 e. The first-order chi connectivity index (χ1) is 9.54. The first kappa shape index (κ1) is 14.7. The molecule has 1 aromatic rings. The lowest BCUT2D eigenvalue weighted by Gasteiger charge is -2.31. The van der Waals surface area contributed by atoms with Gasteiger partial charge >= 0.3 is 5.97 Å². The highest BCUT2D eigenvalue weighted by molar-refractivity contribution is 5.68. The van der Waals surface area contributed by atoms with Gasteiger partial charge in [0.1, 0.15) is 18.2 Å². The van der Waals surface area contributed by atoms with Crippen LogP contribution in [0.4, 0.5) is 4.39 Å². The van der Waals surface area contributed by atoms with Crippen molar-refractivity contribution >= 4 is 5.97 Å². The van der Waals surface area contributed by atoms with Gasteiger partial charge in [0.2, 0.25) is 0 Å². The third-order valence-corrected chi connectivity index (χ3v) is 3.41. The molecule has 0 aromatic heterocycles. The molecule has 6 heteroatoms. The quantitative estimate of drug-likeness (QED) is 0.859. The highest BCUT2D eigenvalue weighted by Crippen LogP contribution is 2.22. The van der Waals surface area contributed by atoms with Crippen LogP contribution in [0.3, 0.4) is 0 Å². The van der Waals surface area contributed by atoms with Gasteiger partial charge < -0.3 is 14.9 Å². The number of carbonyl (C=O) groups is 1. The van der Waals surface area contributed by atoms with E-state index in [0.717, 1.165) is 25.9 Å². The number of ether oxygens (including phenoxy) is 1. The maximum absolute atomic E-state index is 13.1. The van der Waals surface area contributed by atoms with Gasteiger partial charge in [0.05, 0.1) is 6.10 Å². The fraction of sp³-hybridized carbons (Fsp3) is 0.500. The molecule has 110 valence electrons. The van der Waals surface area contributed by atoms with Crippen molar-refractivity contribution in [3.05, 3.63) is 29.6 Å². The number of carboxylic acids is 1. The SMILES string of the molecule is O=C(O)COC1CCN(Cc2cc(F)ccc2O)CC1. The van der Waals surface area contributed by atoms with Crippen LogP contribution in [0, 0.1) is 5.82 Å². The van der Waals surface area contributed by atoms with Gasteiger partial charge in [-0.05, 0) is 31.0 Å². The van der Waals surface area contributed by atoms with Gasteiger partial charge in [0, 0.05) is 25.2 Å². The molecule has 0 atom stereocenters. The Balaban J connectivity index is 1.82. The summed E-state index contributed by atoms with van der Waals surface area (Å²) in [5.41, 5.74) is 0.565. The number of phenols is 1. The number of carboxylic acid groups (broad SMARTS) is 1. The van der Waals surface area contributed by atoms with Gasteiger partial charge in [0.25, 0.3) is 0 Å². The van der Waals surface area contributed by atoms with Gasteiger partial charge in [-0.1, -0.05) is 0 Å². The Morgan fingerprint density at radius 2 is 2.10 bits per heavy atom. The summed E-state index contributed by atoms with van der Waals surface area (Å²) in [6.07, 6.45) is 1.44. The molecule has 0 aliphatic carbocycles. The van der Waals surface area contributed by atoms with E-state index < -0.39 is 5.97 Å². The molecule has 1 fully saturated rings. The number of halogens is 1. The van der Waals surface area contributed by atoms with Crippen molar-refractivity contribution in [1.82, 2.24) is 4.90 Å². The van der Waals surface area contributed by atoms with Crippen molar-refractivity contribution in [2.24, 2.45) is 0 Å². The lowest BCUT2D eigenvalue weighted by molar-refractivity contribution is -0.145. The molecule has 0 unspecified atom stereocenters. The average Bonchev–Trinajstić information content (AvgIpc) is 2.42. The van der Waals surface area contributed by atoms with Crippen LogP contribution in [-0.2, 0) is 16.1 Å². The number of rotatable bonds is 5. The summed E-state index contributed by atoms with van der Waals surface area (Å²) in [6, 6.07) is 3.92. The molecule has 1 aliphatic heterocycles. The summed E-state index contributed by atoms with van der Waals surface area (Å²) in [7, 11) is 0. The second kappa shape index (κ2) is 6.67. The van der Waals surface area contributed by atoms with E-state index >= 15 is 0 Å². The van der Waals surface area contributed by atoms with Crippen LogP contribution in [-0.4, -0.2) is 46.9 Å². The molecule has 20 heavy (non-hydrogen) atoms. The molecular formula is C14H18FNO4. The molecule has 1 aliphatic rings. The summed E-state index contributed by atoms with van der Waals surface area (Å²) in [4.78, 5) is 12.5. The number of aromatic hydroxyl groups is 1. The van der Waals surface area contributed by atoms with E-state index in [1.165, 1.54) is 18.2 Å². The van der Waals surface area contributed by atoms with Crippen molar-refractivity contribution in [1.29, 1.82) is 0 Å². The third kappa shape index (κ3) is 4.18. The fourth-order valence-electron chi connectivity index (χ4n) is 2.34. The maximum atomic E-state index is 13.1. The van der Waals surface area contributed by atoms with E-state index in [4.69, 9.17) is 9.84 Å². The zero-order valence-electron chi connectivity index (χ0n) is 11.1.